The molecule has 25 heavy (non-hydrogen) atoms. The molecule has 1 saturated carbocycles. The lowest BCUT2D eigenvalue weighted by Crippen LogP contribution is -2.65. The monoisotopic (exact) mass is 353 g/mol. The summed E-state index contributed by atoms with van der Waals surface area (Å²) in [5.74, 6) is -1.40. The Morgan fingerprint density at radius 1 is 1.12 bits per heavy atom. The van der Waals surface area contributed by atoms with E-state index in [2.05, 4.69) is 10.6 Å². The second-order valence-corrected chi connectivity index (χ2v) is 7.53. The number of amides is 2. The van der Waals surface area contributed by atoms with Crippen molar-refractivity contribution in [2.45, 2.75) is 76.4 Å². The van der Waals surface area contributed by atoms with Crippen molar-refractivity contribution < 1.29 is 19.5 Å². The van der Waals surface area contributed by atoms with Crippen LogP contribution < -0.4 is 10.6 Å². The van der Waals surface area contributed by atoms with Gasteiger partial charge in [-0.1, -0.05) is 19.3 Å². The maximum absolute atomic E-state index is 13.4. The van der Waals surface area contributed by atoms with E-state index in [1.165, 1.54) is 4.90 Å². The lowest BCUT2D eigenvalue weighted by Gasteiger charge is -2.42. The molecule has 7 heteroatoms. The van der Waals surface area contributed by atoms with Crippen molar-refractivity contribution in [1.82, 2.24) is 15.5 Å². The maximum Gasteiger partial charge on any atom is 0.326 e. The Labute approximate surface area is 149 Å². The number of nitrogens with one attached hydrogen (secondary N) is 2. The summed E-state index contributed by atoms with van der Waals surface area (Å²) < 4.78 is 0. The topological polar surface area (TPSA) is 98.7 Å². The fourth-order valence-corrected chi connectivity index (χ4v) is 4.07. The van der Waals surface area contributed by atoms with E-state index >= 15 is 0 Å². The Hall–Kier alpha value is -1.63. The van der Waals surface area contributed by atoms with Gasteiger partial charge >= 0.3 is 5.97 Å². The highest BCUT2D eigenvalue weighted by Crippen LogP contribution is 2.35. The van der Waals surface area contributed by atoms with E-state index in [4.69, 9.17) is 0 Å². The molecule has 1 aliphatic heterocycles. The quantitative estimate of drug-likeness (QED) is 0.665. The Balaban J connectivity index is 2.27. The fourth-order valence-electron chi connectivity index (χ4n) is 4.07. The molecule has 7 nitrogen and oxygen atoms in total. The lowest BCUT2D eigenvalue weighted by molar-refractivity contribution is -0.153. The third-order valence-electron chi connectivity index (χ3n) is 5.87. The highest BCUT2D eigenvalue weighted by molar-refractivity contribution is 5.95. The van der Waals surface area contributed by atoms with Crippen LogP contribution in [0.1, 0.15) is 58.8 Å². The third kappa shape index (κ3) is 4.14. The normalized spacial score (nSPS) is 25.2. The van der Waals surface area contributed by atoms with Crippen molar-refractivity contribution in [3.8, 4) is 0 Å². The first-order chi connectivity index (χ1) is 11.8. The number of likely N-dealkylation sites (tertiary alicyclic amines) is 1. The molecule has 3 atom stereocenters. The van der Waals surface area contributed by atoms with E-state index in [1.807, 2.05) is 0 Å². The van der Waals surface area contributed by atoms with E-state index in [9.17, 15) is 19.5 Å². The summed E-state index contributed by atoms with van der Waals surface area (Å²) in [6.45, 7) is 3.97. The Kier molecular flexibility index (Phi) is 6.43. The predicted molar refractivity (Wildman–Crippen MR) is 94.0 cm³/mol. The highest BCUT2D eigenvalue weighted by atomic mass is 16.4. The van der Waals surface area contributed by atoms with Gasteiger partial charge < -0.3 is 20.6 Å². The molecule has 1 heterocycles. The van der Waals surface area contributed by atoms with Crippen LogP contribution >= 0.6 is 0 Å². The van der Waals surface area contributed by atoms with Crippen LogP contribution in [0.25, 0.3) is 0 Å². The van der Waals surface area contributed by atoms with Crippen LogP contribution in [0, 0.1) is 5.92 Å². The van der Waals surface area contributed by atoms with Crippen molar-refractivity contribution in [2.24, 2.45) is 5.92 Å². The van der Waals surface area contributed by atoms with Crippen molar-refractivity contribution in [1.29, 1.82) is 0 Å². The minimum absolute atomic E-state index is 0.0387. The number of carboxylic acids is 1. The van der Waals surface area contributed by atoms with E-state index in [0.29, 0.717) is 19.4 Å². The maximum atomic E-state index is 13.4. The van der Waals surface area contributed by atoms with Crippen molar-refractivity contribution in [2.75, 3.05) is 13.6 Å². The average molecular weight is 353 g/mol. The molecule has 0 radical (unpaired) electrons. The van der Waals surface area contributed by atoms with Gasteiger partial charge in [0, 0.05) is 6.54 Å². The van der Waals surface area contributed by atoms with Crippen LogP contribution in [-0.4, -0.2) is 59.0 Å². The zero-order chi connectivity index (χ0) is 18.6. The Morgan fingerprint density at radius 2 is 1.76 bits per heavy atom. The predicted octanol–water partition coefficient (Wildman–Crippen LogP) is 1.13. The van der Waals surface area contributed by atoms with Gasteiger partial charge in [0.1, 0.15) is 11.6 Å². The van der Waals surface area contributed by atoms with Gasteiger partial charge in [0.2, 0.25) is 11.8 Å². The van der Waals surface area contributed by atoms with Gasteiger partial charge in [0.25, 0.3) is 0 Å². The van der Waals surface area contributed by atoms with Crippen LogP contribution in [0.4, 0.5) is 0 Å². The zero-order valence-electron chi connectivity index (χ0n) is 15.5. The summed E-state index contributed by atoms with van der Waals surface area (Å²) in [6, 6.07) is -1.20. The smallest absolute Gasteiger partial charge is 0.326 e. The molecular formula is C18H31N3O4. The summed E-state index contributed by atoms with van der Waals surface area (Å²) in [5, 5.41) is 15.3. The van der Waals surface area contributed by atoms with Crippen LogP contribution in [0.15, 0.2) is 0 Å². The first kappa shape index (κ1) is 19.7. The Morgan fingerprint density at radius 3 is 2.32 bits per heavy atom. The fraction of sp³-hybridized carbons (Fsp3) is 0.833. The van der Waals surface area contributed by atoms with Crippen molar-refractivity contribution in [3.63, 3.8) is 0 Å². The number of hydrogen-bond acceptors (Lipinski definition) is 4. The summed E-state index contributed by atoms with van der Waals surface area (Å²) >= 11 is 0. The van der Waals surface area contributed by atoms with Gasteiger partial charge in [-0.25, -0.2) is 4.79 Å². The number of likely N-dealkylation sites (N-methyl/N-ethyl adjacent to an activating group) is 1. The minimum Gasteiger partial charge on any atom is -0.480 e. The van der Waals surface area contributed by atoms with E-state index in [0.717, 1.165) is 32.1 Å². The van der Waals surface area contributed by atoms with Crippen molar-refractivity contribution >= 4 is 17.8 Å². The molecule has 2 fully saturated rings. The SMILES string of the molecule is CN[C@@H](C)C(=O)N[C@](C)(C(=O)N1CCC[C@H]1C(=O)O)C1CCCCC1. The third-order valence-corrected chi connectivity index (χ3v) is 5.87. The molecule has 0 unspecified atom stereocenters. The number of nitrogens with zero attached hydrogens (tertiary/aromatic N) is 1. The van der Waals surface area contributed by atoms with Crippen molar-refractivity contribution in [3.05, 3.63) is 0 Å². The van der Waals surface area contributed by atoms with Gasteiger partial charge in [-0.3, -0.25) is 9.59 Å². The van der Waals surface area contributed by atoms with Gasteiger partial charge in [-0.15, -0.1) is 0 Å². The molecule has 0 aromatic carbocycles. The standard InChI is InChI=1S/C18H31N3O4/c1-12(19-3)15(22)20-18(2,13-8-5-4-6-9-13)17(25)21-11-7-10-14(21)16(23)24/h12-14,19H,4-11H2,1-3H3,(H,20,22)(H,23,24)/t12-,14-,18-/m0/s1. The van der Waals surface area contributed by atoms with E-state index in [1.54, 1.807) is 20.9 Å². The van der Waals surface area contributed by atoms with E-state index in [-0.39, 0.29) is 17.7 Å². The molecular weight excluding hydrogens is 322 g/mol. The number of carbonyl (C=O) groups is 3. The second kappa shape index (κ2) is 8.17. The molecule has 2 aliphatic rings. The molecule has 2 rings (SSSR count). The summed E-state index contributed by atoms with van der Waals surface area (Å²) in [6.07, 6.45) is 6.13. The summed E-state index contributed by atoms with van der Waals surface area (Å²) in [4.78, 5) is 38.8. The average Bonchev–Trinajstić information content (AvgIpc) is 3.10. The summed E-state index contributed by atoms with van der Waals surface area (Å²) in [7, 11) is 1.70. The molecule has 1 aliphatic carbocycles. The molecule has 1 saturated heterocycles. The first-order valence-electron chi connectivity index (χ1n) is 9.34. The van der Waals surface area contributed by atoms with Gasteiger partial charge in [-0.2, -0.15) is 0 Å². The van der Waals surface area contributed by atoms with Gasteiger partial charge in [0.15, 0.2) is 0 Å². The molecule has 0 spiro atoms. The number of hydrogen-bond donors (Lipinski definition) is 3. The molecule has 0 bridgehead atoms. The molecule has 0 aromatic heterocycles. The van der Waals surface area contributed by atoms with Crippen LogP contribution in [0.3, 0.4) is 0 Å². The largest absolute Gasteiger partial charge is 0.480 e. The highest BCUT2D eigenvalue weighted by Gasteiger charge is 2.48. The summed E-state index contributed by atoms with van der Waals surface area (Å²) in [5.41, 5.74) is -1.05. The van der Waals surface area contributed by atoms with Crippen LogP contribution in [-0.2, 0) is 14.4 Å². The molecule has 2 amide bonds. The zero-order valence-corrected chi connectivity index (χ0v) is 15.5. The van der Waals surface area contributed by atoms with Crippen LogP contribution in [0.5, 0.6) is 0 Å². The molecule has 3 N–H and O–H groups in total. The van der Waals surface area contributed by atoms with Gasteiger partial charge in [-0.05, 0) is 52.5 Å². The van der Waals surface area contributed by atoms with Crippen LogP contribution in [0.2, 0.25) is 0 Å². The number of carbonyl (C=O) groups excluding carboxylic acids is 2. The second-order valence-electron chi connectivity index (χ2n) is 7.53. The van der Waals surface area contributed by atoms with Gasteiger partial charge in [0.05, 0.1) is 6.04 Å². The molecule has 0 aromatic rings. The lowest BCUT2D eigenvalue weighted by atomic mass is 9.74. The molecule has 142 valence electrons. The minimum atomic E-state index is -1.05. The number of carboxylic acid groups (broad SMARTS) is 1. The first-order valence-corrected chi connectivity index (χ1v) is 9.34. The number of rotatable bonds is 6. The Bertz CT molecular complexity index is 518. The number of aliphatic carboxylic acids is 1. The van der Waals surface area contributed by atoms with E-state index < -0.39 is 23.6 Å².